The fourth-order valence-electron chi connectivity index (χ4n) is 2.68. The summed E-state index contributed by atoms with van der Waals surface area (Å²) in [4.78, 5) is 41.7. The van der Waals surface area contributed by atoms with Gasteiger partial charge in [0.1, 0.15) is 5.82 Å². The number of carbonyl (C=O) groups excluding carboxylic acids is 3. The molecule has 1 aliphatic heterocycles. The van der Waals surface area contributed by atoms with E-state index in [1.54, 1.807) is 31.2 Å². The molecule has 9 heteroatoms. The maximum absolute atomic E-state index is 13.2. The third-order valence-electron chi connectivity index (χ3n) is 4.03. The second kappa shape index (κ2) is 8.87. The van der Waals surface area contributed by atoms with E-state index in [-0.39, 0.29) is 17.5 Å². The molecule has 0 aromatic heterocycles. The van der Waals surface area contributed by atoms with Gasteiger partial charge in [-0.3, -0.25) is 19.4 Å². The number of esters is 1. The first-order valence-corrected chi connectivity index (χ1v) is 9.75. The summed E-state index contributed by atoms with van der Waals surface area (Å²) in [5, 5.41) is 2.46. The van der Waals surface area contributed by atoms with Gasteiger partial charge in [0.15, 0.2) is 5.17 Å². The van der Waals surface area contributed by atoms with Gasteiger partial charge in [0.25, 0.3) is 11.8 Å². The number of hydrogen-bond donors (Lipinski definition) is 0. The second-order valence-corrected chi connectivity index (χ2v) is 6.90. The van der Waals surface area contributed by atoms with E-state index in [4.69, 9.17) is 4.74 Å². The number of hydrogen-bond acceptors (Lipinski definition) is 6. The van der Waals surface area contributed by atoms with E-state index in [0.29, 0.717) is 16.8 Å². The van der Waals surface area contributed by atoms with Crippen molar-refractivity contribution in [3.05, 3.63) is 65.5 Å². The summed E-state index contributed by atoms with van der Waals surface area (Å²) in [5.41, 5.74) is 0.989. The van der Waals surface area contributed by atoms with Gasteiger partial charge in [0, 0.05) is 7.05 Å². The molecule has 0 unspecified atom stereocenters. The zero-order valence-corrected chi connectivity index (χ0v) is 16.6. The van der Waals surface area contributed by atoms with Crippen molar-refractivity contribution < 1.29 is 23.5 Å². The van der Waals surface area contributed by atoms with E-state index in [2.05, 4.69) is 4.99 Å². The molecule has 0 aliphatic carbocycles. The number of rotatable bonds is 5. The molecule has 0 saturated heterocycles. The standard InChI is InChI=1S/C20H18FN3O4S/c1-3-28-17(25)12-29-20(22-14-10-8-13(21)9-11-14)23(2)24-18(26)15-6-4-5-7-16(15)19(24)27/h4-11H,3,12H2,1-2H3. The van der Waals surface area contributed by atoms with Crippen LogP contribution in [0, 0.1) is 5.82 Å². The number of halogens is 1. The number of amides is 2. The Morgan fingerprint density at radius 2 is 1.69 bits per heavy atom. The summed E-state index contributed by atoms with van der Waals surface area (Å²) in [5.74, 6) is -1.92. The Labute approximate surface area is 171 Å². The van der Waals surface area contributed by atoms with Crippen molar-refractivity contribution in [3.8, 4) is 0 Å². The molecular formula is C20H18FN3O4S. The lowest BCUT2D eigenvalue weighted by Gasteiger charge is -2.28. The van der Waals surface area contributed by atoms with Crippen LogP contribution in [-0.4, -0.2) is 52.4 Å². The van der Waals surface area contributed by atoms with Crippen molar-refractivity contribution >= 4 is 40.4 Å². The van der Waals surface area contributed by atoms with Crippen molar-refractivity contribution in [2.45, 2.75) is 6.92 Å². The minimum atomic E-state index is -0.489. The van der Waals surface area contributed by atoms with Gasteiger partial charge in [-0.15, -0.1) is 0 Å². The van der Waals surface area contributed by atoms with Gasteiger partial charge in [-0.1, -0.05) is 23.9 Å². The van der Waals surface area contributed by atoms with Gasteiger partial charge in [-0.25, -0.2) is 9.38 Å². The summed E-state index contributed by atoms with van der Waals surface area (Å²) in [6, 6.07) is 11.9. The number of hydrazine groups is 1. The molecule has 2 aromatic carbocycles. The maximum atomic E-state index is 13.2. The fourth-order valence-corrected chi connectivity index (χ4v) is 3.45. The third-order valence-corrected chi connectivity index (χ3v) is 5.02. The molecule has 7 nitrogen and oxygen atoms in total. The first kappa shape index (κ1) is 20.5. The predicted octanol–water partition coefficient (Wildman–Crippen LogP) is 3.25. The van der Waals surface area contributed by atoms with Crippen molar-refractivity contribution in [3.63, 3.8) is 0 Å². The Kier molecular flexibility index (Phi) is 6.28. The zero-order chi connectivity index (χ0) is 21.0. The number of carbonyl (C=O) groups is 3. The second-order valence-electron chi connectivity index (χ2n) is 5.96. The average Bonchev–Trinajstić information content (AvgIpc) is 2.97. The number of ether oxygens (including phenoxy) is 1. The number of thioether (sulfide) groups is 1. The van der Waals surface area contributed by atoms with Gasteiger partial charge in [0.2, 0.25) is 0 Å². The summed E-state index contributed by atoms with van der Waals surface area (Å²) >= 11 is 1.01. The molecule has 0 bridgehead atoms. The number of imide groups is 1. The van der Waals surface area contributed by atoms with Crippen LogP contribution in [0.5, 0.6) is 0 Å². The lowest BCUT2D eigenvalue weighted by molar-refractivity contribution is -0.139. The van der Waals surface area contributed by atoms with Crippen molar-refractivity contribution in [1.29, 1.82) is 0 Å². The van der Waals surface area contributed by atoms with Crippen molar-refractivity contribution in [1.82, 2.24) is 10.0 Å². The number of fused-ring (bicyclic) bond motifs is 1. The largest absolute Gasteiger partial charge is 0.465 e. The van der Waals surface area contributed by atoms with Crippen LogP contribution >= 0.6 is 11.8 Å². The number of amidine groups is 1. The molecule has 0 atom stereocenters. The number of benzene rings is 2. The maximum Gasteiger partial charge on any atom is 0.316 e. The molecule has 0 fully saturated rings. The van der Waals surface area contributed by atoms with Crippen molar-refractivity contribution in [2.24, 2.45) is 4.99 Å². The molecule has 0 radical (unpaired) electrons. The molecule has 0 spiro atoms. The van der Waals surface area contributed by atoms with Crippen LogP contribution in [0.3, 0.4) is 0 Å². The van der Waals surface area contributed by atoms with E-state index in [9.17, 15) is 18.8 Å². The van der Waals surface area contributed by atoms with E-state index < -0.39 is 23.6 Å². The van der Waals surface area contributed by atoms with Crippen LogP contribution < -0.4 is 0 Å². The smallest absolute Gasteiger partial charge is 0.316 e. The molecule has 2 amide bonds. The Morgan fingerprint density at radius 1 is 1.10 bits per heavy atom. The summed E-state index contributed by atoms with van der Waals surface area (Å²) < 4.78 is 18.1. The highest BCUT2D eigenvalue weighted by Gasteiger charge is 2.39. The minimum Gasteiger partial charge on any atom is -0.465 e. The van der Waals surface area contributed by atoms with Crippen LogP contribution in [-0.2, 0) is 9.53 Å². The molecule has 3 rings (SSSR count). The lowest BCUT2D eigenvalue weighted by atomic mass is 10.1. The molecule has 0 N–H and O–H groups in total. The van der Waals surface area contributed by atoms with Gasteiger partial charge < -0.3 is 4.74 Å². The molecule has 2 aromatic rings. The molecule has 29 heavy (non-hydrogen) atoms. The van der Waals surface area contributed by atoms with Crippen LogP contribution in [0.15, 0.2) is 53.5 Å². The minimum absolute atomic E-state index is 0.0681. The van der Waals surface area contributed by atoms with Crippen LogP contribution in [0.1, 0.15) is 27.6 Å². The first-order chi connectivity index (χ1) is 13.9. The normalized spacial score (nSPS) is 13.5. The van der Waals surface area contributed by atoms with Gasteiger partial charge >= 0.3 is 5.97 Å². The van der Waals surface area contributed by atoms with Gasteiger partial charge in [-0.2, -0.15) is 5.01 Å². The Balaban J connectivity index is 1.90. The molecule has 1 aliphatic rings. The topological polar surface area (TPSA) is 79.3 Å². The average molecular weight is 415 g/mol. The summed E-state index contributed by atoms with van der Waals surface area (Å²) in [6.07, 6.45) is 0. The molecular weight excluding hydrogens is 397 g/mol. The van der Waals surface area contributed by atoms with Crippen LogP contribution in [0.4, 0.5) is 10.1 Å². The molecule has 0 saturated carbocycles. The molecule has 1 heterocycles. The van der Waals surface area contributed by atoms with E-state index in [1.807, 2.05) is 0 Å². The summed E-state index contributed by atoms with van der Waals surface area (Å²) in [6.45, 7) is 1.93. The summed E-state index contributed by atoms with van der Waals surface area (Å²) in [7, 11) is 1.50. The third kappa shape index (κ3) is 4.45. The van der Waals surface area contributed by atoms with E-state index in [0.717, 1.165) is 16.8 Å². The zero-order valence-electron chi connectivity index (χ0n) is 15.8. The fraction of sp³-hybridized carbons (Fsp3) is 0.200. The highest BCUT2D eigenvalue weighted by molar-refractivity contribution is 8.14. The van der Waals surface area contributed by atoms with E-state index >= 15 is 0 Å². The van der Waals surface area contributed by atoms with Crippen LogP contribution in [0.2, 0.25) is 0 Å². The van der Waals surface area contributed by atoms with Crippen LogP contribution in [0.25, 0.3) is 0 Å². The lowest BCUT2D eigenvalue weighted by Crippen LogP contribution is -2.46. The number of aliphatic imine (C=N–C) groups is 1. The Morgan fingerprint density at radius 3 is 2.24 bits per heavy atom. The van der Waals surface area contributed by atoms with E-state index in [1.165, 1.54) is 36.3 Å². The van der Waals surface area contributed by atoms with Gasteiger partial charge in [0.05, 0.1) is 29.2 Å². The SMILES string of the molecule is CCOC(=O)CSC(=Nc1ccc(F)cc1)N(C)N1C(=O)c2ccccc2C1=O. The monoisotopic (exact) mass is 415 g/mol. The quantitative estimate of drug-likeness (QED) is 0.323. The Hall–Kier alpha value is -3.20. The Bertz CT molecular complexity index is 943. The predicted molar refractivity (Wildman–Crippen MR) is 107 cm³/mol. The highest BCUT2D eigenvalue weighted by Crippen LogP contribution is 2.26. The first-order valence-electron chi connectivity index (χ1n) is 8.76. The van der Waals surface area contributed by atoms with Gasteiger partial charge in [-0.05, 0) is 43.3 Å². The molecule has 150 valence electrons. The highest BCUT2D eigenvalue weighted by atomic mass is 32.2. The number of nitrogens with zero attached hydrogens (tertiary/aromatic N) is 3. The van der Waals surface area contributed by atoms with Crippen molar-refractivity contribution in [2.75, 3.05) is 19.4 Å².